The number of nitrogens with one attached hydrogen (secondary N) is 1. The molecule has 3 N–H and O–H groups in total. The van der Waals surface area contributed by atoms with Gasteiger partial charge in [0, 0.05) is 18.5 Å². The van der Waals surface area contributed by atoms with Crippen molar-refractivity contribution in [1.29, 1.82) is 0 Å². The van der Waals surface area contributed by atoms with Crippen LogP contribution in [0.3, 0.4) is 0 Å². The van der Waals surface area contributed by atoms with Crippen LogP contribution >= 0.6 is 0 Å². The largest absolute Gasteiger partial charge is 0.356 e. The molecule has 0 rings (SSSR count). The summed E-state index contributed by atoms with van der Waals surface area (Å²) in [6.07, 6.45) is 1.26. The number of hydrogen-bond donors (Lipinski definition) is 2. The fourth-order valence-electron chi connectivity index (χ4n) is 0.842. The molecule has 0 aromatic rings. The Morgan fingerprint density at radius 1 is 1.46 bits per heavy atom. The normalized spacial score (nSPS) is 11.8. The zero-order chi connectivity index (χ0) is 10.5. The van der Waals surface area contributed by atoms with Crippen molar-refractivity contribution in [2.24, 2.45) is 11.7 Å². The number of hydrogen-bond acceptors (Lipinski definition) is 2. The van der Waals surface area contributed by atoms with Crippen molar-refractivity contribution < 1.29 is 4.79 Å². The Labute approximate surface area is 81.1 Å². The Balaban J connectivity index is 3.53. The first kappa shape index (κ1) is 12.4. The summed E-state index contributed by atoms with van der Waals surface area (Å²) in [7, 11) is 0. The van der Waals surface area contributed by atoms with Crippen molar-refractivity contribution in [3.8, 4) is 0 Å². The van der Waals surface area contributed by atoms with Crippen molar-refractivity contribution in [3.63, 3.8) is 0 Å². The van der Waals surface area contributed by atoms with Crippen molar-refractivity contribution in [1.82, 2.24) is 5.32 Å². The van der Waals surface area contributed by atoms with Crippen LogP contribution in [0.4, 0.5) is 0 Å². The van der Waals surface area contributed by atoms with Gasteiger partial charge in [0.2, 0.25) is 5.91 Å². The second-order valence-corrected chi connectivity index (χ2v) is 4.69. The fraction of sp³-hybridized carbons (Fsp3) is 0.900. The summed E-state index contributed by atoms with van der Waals surface area (Å²) in [5, 5.41) is 2.86. The number of rotatable bonds is 5. The SMILES string of the molecule is CC(C)CNC(=O)CCC(C)(C)N. The van der Waals surface area contributed by atoms with Gasteiger partial charge in [0.1, 0.15) is 0 Å². The van der Waals surface area contributed by atoms with Crippen molar-refractivity contribution in [3.05, 3.63) is 0 Å². The number of nitrogens with two attached hydrogens (primary N) is 1. The summed E-state index contributed by atoms with van der Waals surface area (Å²) < 4.78 is 0. The molecule has 0 heterocycles. The molecule has 0 spiro atoms. The Bertz CT molecular complexity index is 159. The van der Waals surface area contributed by atoms with Crippen LogP contribution in [0.2, 0.25) is 0 Å². The van der Waals surface area contributed by atoms with E-state index >= 15 is 0 Å². The molecule has 0 atom stereocenters. The Kier molecular flexibility index (Phi) is 4.99. The lowest BCUT2D eigenvalue weighted by molar-refractivity contribution is -0.121. The molecule has 78 valence electrons. The van der Waals surface area contributed by atoms with Gasteiger partial charge in [0.05, 0.1) is 0 Å². The minimum absolute atomic E-state index is 0.104. The highest BCUT2D eigenvalue weighted by Crippen LogP contribution is 2.06. The number of amides is 1. The van der Waals surface area contributed by atoms with E-state index in [1.807, 2.05) is 13.8 Å². The van der Waals surface area contributed by atoms with Crippen molar-refractivity contribution in [2.45, 2.75) is 46.1 Å². The summed E-state index contributed by atoms with van der Waals surface area (Å²) in [5.74, 6) is 0.613. The average molecular weight is 186 g/mol. The first-order valence-corrected chi connectivity index (χ1v) is 4.87. The maximum absolute atomic E-state index is 11.2. The maximum atomic E-state index is 11.2. The maximum Gasteiger partial charge on any atom is 0.220 e. The third-order valence-corrected chi connectivity index (χ3v) is 1.70. The highest BCUT2D eigenvalue weighted by molar-refractivity contribution is 5.75. The summed E-state index contributed by atoms with van der Waals surface area (Å²) in [4.78, 5) is 11.2. The van der Waals surface area contributed by atoms with E-state index in [0.717, 1.165) is 13.0 Å². The van der Waals surface area contributed by atoms with Crippen LogP contribution in [0.1, 0.15) is 40.5 Å². The first-order valence-electron chi connectivity index (χ1n) is 4.87. The molecule has 0 bridgehead atoms. The molecule has 0 aliphatic heterocycles. The van der Waals surface area contributed by atoms with E-state index in [9.17, 15) is 4.79 Å². The average Bonchev–Trinajstić information content (AvgIpc) is 1.95. The lowest BCUT2D eigenvalue weighted by atomic mass is 10.00. The zero-order valence-corrected chi connectivity index (χ0v) is 9.18. The van der Waals surface area contributed by atoms with E-state index in [2.05, 4.69) is 19.2 Å². The molecule has 3 nitrogen and oxygen atoms in total. The van der Waals surface area contributed by atoms with Crippen LogP contribution in [-0.2, 0) is 4.79 Å². The molecule has 0 radical (unpaired) electrons. The van der Waals surface area contributed by atoms with E-state index in [1.54, 1.807) is 0 Å². The van der Waals surface area contributed by atoms with Gasteiger partial charge in [-0.05, 0) is 26.2 Å². The van der Waals surface area contributed by atoms with Crippen molar-refractivity contribution in [2.75, 3.05) is 6.54 Å². The van der Waals surface area contributed by atoms with Gasteiger partial charge in [-0.1, -0.05) is 13.8 Å². The number of carbonyl (C=O) groups excluding carboxylic acids is 1. The summed E-state index contributed by atoms with van der Waals surface area (Å²) in [5.41, 5.74) is 5.52. The van der Waals surface area contributed by atoms with Gasteiger partial charge in [0.25, 0.3) is 0 Å². The molecule has 0 saturated carbocycles. The Morgan fingerprint density at radius 3 is 2.38 bits per heavy atom. The molecule has 0 unspecified atom stereocenters. The molecule has 0 saturated heterocycles. The van der Waals surface area contributed by atoms with Crippen LogP contribution in [-0.4, -0.2) is 18.0 Å². The molecule has 3 heteroatoms. The van der Waals surface area contributed by atoms with Gasteiger partial charge in [-0.2, -0.15) is 0 Å². The molecule has 0 aromatic carbocycles. The van der Waals surface area contributed by atoms with Crippen LogP contribution in [0.5, 0.6) is 0 Å². The molecular formula is C10H22N2O. The van der Waals surface area contributed by atoms with Crippen LogP contribution < -0.4 is 11.1 Å². The van der Waals surface area contributed by atoms with E-state index in [0.29, 0.717) is 12.3 Å². The molecule has 1 amide bonds. The van der Waals surface area contributed by atoms with Crippen LogP contribution in [0, 0.1) is 5.92 Å². The third-order valence-electron chi connectivity index (χ3n) is 1.70. The van der Waals surface area contributed by atoms with Crippen molar-refractivity contribution >= 4 is 5.91 Å². The lowest BCUT2D eigenvalue weighted by Crippen LogP contribution is -2.35. The molecule has 0 aliphatic rings. The molecular weight excluding hydrogens is 164 g/mol. The van der Waals surface area contributed by atoms with Gasteiger partial charge >= 0.3 is 0 Å². The molecule has 0 aromatic heterocycles. The van der Waals surface area contributed by atoms with Crippen LogP contribution in [0.15, 0.2) is 0 Å². The first-order chi connectivity index (χ1) is 5.81. The minimum atomic E-state index is -0.241. The van der Waals surface area contributed by atoms with Gasteiger partial charge in [0.15, 0.2) is 0 Å². The Hall–Kier alpha value is -0.570. The highest BCUT2D eigenvalue weighted by atomic mass is 16.1. The number of carbonyl (C=O) groups is 1. The second kappa shape index (κ2) is 5.22. The predicted octanol–water partition coefficient (Wildman–Crippen LogP) is 1.28. The van der Waals surface area contributed by atoms with E-state index < -0.39 is 0 Å². The second-order valence-electron chi connectivity index (χ2n) is 4.69. The summed E-state index contributed by atoms with van der Waals surface area (Å²) in [6, 6.07) is 0. The van der Waals surface area contributed by atoms with E-state index in [1.165, 1.54) is 0 Å². The highest BCUT2D eigenvalue weighted by Gasteiger charge is 2.12. The van der Waals surface area contributed by atoms with Crippen LogP contribution in [0.25, 0.3) is 0 Å². The smallest absolute Gasteiger partial charge is 0.220 e. The summed E-state index contributed by atoms with van der Waals surface area (Å²) >= 11 is 0. The monoisotopic (exact) mass is 186 g/mol. The minimum Gasteiger partial charge on any atom is -0.356 e. The molecule has 0 fully saturated rings. The van der Waals surface area contributed by atoms with Gasteiger partial charge in [-0.25, -0.2) is 0 Å². The van der Waals surface area contributed by atoms with E-state index in [-0.39, 0.29) is 11.4 Å². The van der Waals surface area contributed by atoms with Gasteiger partial charge < -0.3 is 11.1 Å². The standard InChI is InChI=1S/C10H22N2O/c1-8(2)7-12-9(13)5-6-10(3,4)11/h8H,5-7,11H2,1-4H3,(H,12,13). The predicted molar refractivity (Wildman–Crippen MR) is 55.3 cm³/mol. The van der Waals surface area contributed by atoms with Gasteiger partial charge in [-0.15, -0.1) is 0 Å². The Morgan fingerprint density at radius 2 is 2.00 bits per heavy atom. The lowest BCUT2D eigenvalue weighted by Gasteiger charge is -2.17. The quantitative estimate of drug-likeness (QED) is 0.679. The van der Waals surface area contributed by atoms with Gasteiger partial charge in [-0.3, -0.25) is 4.79 Å². The third kappa shape index (κ3) is 9.34. The summed E-state index contributed by atoms with van der Waals surface area (Å²) in [6.45, 7) is 8.77. The topological polar surface area (TPSA) is 55.1 Å². The molecule has 0 aliphatic carbocycles. The van der Waals surface area contributed by atoms with E-state index in [4.69, 9.17) is 5.73 Å². The zero-order valence-electron chi connectivity index (χ0n) is 9.18. The molecule has 13 heavy (non-hydrogen) atoms. The fourth-order valence-corrected chi connectivity index (χ4v) is 0.842.